The molecule has 2 rings (SSSR count). The van der Waals surface area contributed by atoms with Crippen molar-refractivity contribution in [2.45, 2.75) is 206 Å². The van der Waals surface area contributed by atoms with Gasteiger partial charge in [-0.25, -0.2) is 4.79 Å². The molecule has 9 heteroatoms. The molecule has 3 N–H and O–H groups in total. The van der Waals surface area contributed by atoms with E-state index in [0.29, 0.717) is 6.61 Å². The van der Waals surface area contributed by atoms with Crippen molar-refractivity contribution in [1.29, 1.82) is 0 Å². The minimum atomic E-state index is -0.841. The Morgan fingerprint density at radius 2 is 1.36 bits per heavy atom. The molecule has 1 heterocycles. The summed E-state index contributed by atoms with van der Waals surface area (Å²) in [5, 5.41) is 9.36. The summed E-state index contributed by atoms with van der Waals surface area (Å²) in [6.45, 7) is 12.5. The predicted molar refractivity (Wildman–Crippen MR) is 189 cm³/mol. The summed E-state index contributed by atoms with van der Waals surface area (Å²) >= 11 is 0. The Bertz CT molecular complexity index is 895. The molecule has 4 unspecified atom stereocenters. The predicted octanol–water partition coefficient (Wildman–Crippen LogP) is 8.47. The molecule has 0 bridgehead atoms. The molecule has 2 fully saturated rings. The molecule has 3 amide bonds. The highest BCUT2D eigenvalue weighted by atomic mass is 16.7. The zero-order chi connectivity index (χ0) is 34.5. The maximum absolute atomic E-state index is 13.3. The molecule has 4 atom stereocenters. The van der Waals surface area contributed by atoms with E-state index in [0.717, 1.165) is 57.8 Å². The van der Waals surface area contributed by atoms with Crippen LogP contribution in [0.3, 0.4) is 0 Å². The van der Waals surface area contributed by atoms with Crippen LogP contribution in [0.15, 0.2) is 0 Å². The average Bonchev–Trinajstić information content (AvgIpc) is 3.23. The number of carbonyl (C=O) groups is 3. The van der Waals surface area contributed by atoms with Crippen LogP contribution in [0, 0.1) is 5.41 Å². The van der Waals surface area contributed by atoms with Gasteiger partial charge in [0.05, 0.1) is 19.1 Å². The Hall–Kier alpha value is -1.87. The summed E-state index contributed by atoms with van der Waals surface area (Å²) in [6, 6.07) is -0.198. The van der Waals surface area contributed by atoms with Gasteiger partial charge in [-0.15, -0.1) is 0 Å². The van der Waals surface area contributed by atoms with E-state index in [2.05, 4.69) is 29.8 Å². The first-order chi connectivity index (χ1) is 22.5. The number of ether oxygens (including phenoxy) is 3. The van der Waals surface area contributed by atoms with Crippen molar-refractivity contribution in [3.05, 3.63) is 0 Å². The fourth-order valence-electron chi connectivity index (χ4n) is 6.71. The van der Waals surface area contributed by atoms with E-state index >= 15 is 0 Å². The topological polar surface area (TPSA) is 115 Å². The zero-order valence-electron chi connectivity index (χ0n) is 31.0. The molecule has 0 aromatic heterocycles. The number of urea groups is 1. The van der Waals surface area contributed by atoms with Gasteiger partial charge in [-0.2, -0.15) is 0 Å². The summed E-state index contributed by atoms with van der Waals surface area (Å²) in [7, 11) is 0. The number of hydrogen-bond donors (Lipinski definition) is 3. The SMILES string of the molecule is CCCCCCCCCC(CCCCCCCC)NC(=O)NC1CCCCCC1OC(=O)CCNC(=O)C1OC(C)(C)OCC1(C)C. The van der Waals surface area contributed by atoms with Crippen LogP contribution in [0.4, 0.5) is 4.79 Å². The Morgan fingerprint density at radius 3 is 1.98 bits per heavy atom. The second-order valence-electron chi connectivity index (χ2n) is 15.3. The van der Waals surface area contributed by atoms with E-state index in [4.69, 9.17) is 14.2 Å². The van der Waals surface area contributed by atoms with Gasteiger partial charge in [0.2, 0.25) is 5.91 Å². The highest BCUT2D eigenvalue weighted by molar-refractivity contribution is 5.82. The first-order valence-electron chi connectivity index (χ1n) is 19.3. The summed E-state index contributed by atoms with van der Waals surface area (Å²) < 4.78 is 17.6. The van der Waals surface area contributed by atoms with Crippen molar-refractivity contribution in [1.82, 2.24) is 16.0 Å². The van der Waals surface area contributed by atoms with Gasteiger partial charge in [-0.3, -0.25) is 9.59 Å². The molecule has 1 saturated carbocycles. The van der Waals surface area contributed by atoms with E-state index < -0.39 is 17.3 Å². The van der Waals surface area contributed by atoms with Crippen LogP contribution in [0.1, 0.15) is 176 Å². The van der Waals surface area contributed by atoms with Crippen molar-refractivity contribution < 1.29 is 28.6 Å². The van der Waals surface area contributed by atoms with Crippen LogP contribution < -0.4 is 16.0 Å². The molecule has 9 nitrogen and oxygen atoms in total. The lowest BCUT2D eigenvalue weighted by Crippen LogP contribution is -2.56. The largest absolute Gasteiger partial charge is 0.460 e. The Balaban J connectivity index is 1.85. The van der Waals surface area contributed by atoms with Gasteiger partial charge in [0.1, 0.15) is 12.2 Å². The number of nitrogens with one attached hydrogen (secondary N) is 3. The third-order valence-electron chi connectivity index (χ3n) is 9.72. The molecule has 0 aromatic carbocycles. The standard InChI is InChI=1S/C38H71N3O6/c1-7-9-11-13-15-17-20-24-30(23-19-16-14-12-10-8-2)40-36(44)41-31-25-21-18-22-26-32(31)46-33(42)27-28-39-35(43)34-37(3,4)29-45-38(5,6)47-34/h30-32,34H,7-29H2,1-6H3,(H,39,43)(H2,40,41,44). The van der Waals surface area contributed by atoms with Crippen molar-refractivity contribution in [2.24, 2.45) is 5.41 Å². The molecule has 0 aromatic rings. The number of rotatable bonds is 22. The third kappa shape index (κ3) is 17.4. The summed E-state index contributed by atoms with van der Waals surface area (Å²) in [5.74, 6) is -1.46. The Morgan fingerprint density at radius 1 is 0.787 bits per heavy atom. The Kier molecular flexibility index (Phi) is 20.0. The highest BCUT2D eigenvalue weighted by Crippen LogP contribution is 2.35. The first-order valence-corrected chi connectivity index (χ1v) is 19.3. The maximum Gasteiger partial charge on any atom is 0.315 e. The highest BCUT2D eigenvalue weighted by Gasteiger charge is 2.45. The lowest BCUT2D eigenvalue weighted by molar-refractivity contribution is -0.304. The number of unbranched alkanes of at least 4 members (excludes halogenated alkanes) is 11. The summed E-state index contributed by atoms with van der Waals surface area (Å²) in [5.41, 5.74) is -0.484. The van der Waals surface area contributed by atoms with Gasteiger partial charge in [0, 0.05) is 18.0 Å². The van der Waals surface area contributed by atoms with Crippen molar-refractivity contribution in [3.8, 4) is 0 Å². The molecule has 0 spiro atoms. The summed E-state index contributed by atoms with van der Waals surface area (Å²) in [4.78, 5) is 39.2. The van der Waals surface area contributed by atoms with E-state index in [1.54, 1.807) is 13.8 Å². The van der Waals surface area contributed by atoms with Gasteiger partial charge >= 0.3 is 12.0 Å². The fourth-order valence-corrected chi connectivity index (χ4v) is 6.71. The van der Waals surface area contributed by atoms with E-state index in [1.807, 2.05) is 13.8 Å². The van der Waals surface area contributed by atoms with Gasteiger partial charge < -0.3 is 30.2 Å². The minimum absolute atomic E-state index is 0.0625. The molecule has 1 saturated heterocycles. The van der Waals surface area contributed by atoms with Gasteiger partial charge in [-0.05, 0) is 46.0 Å². The molecule has 0 radical (unpaired) electrons. The van der Waals surface area contributed by atoms with Crippen LogP contribution >= 0.6 is 0 Å². The summed E-state index contributed by atoms with van der Waals surface area (Å²) in [6.07, 6.45) is 21.9. The van der Waals surface area contributed by atoms with Crippen LogP contribution in [0.2, 0.25) is 0 Å². The molecule has 2 aliphatic rings. The van der Waals surface area contributed by atoms with Gasteiger partial charge in [0.25, 0.3) is 0 Å². The van der Waals surface area contributed by atoms with Crippen molar-refractivity contribution >= 4 is 17.9 Å². The molecule has 47 heavy (non-hydrogen) atoms. The van der Waals surface area contributed by atoms with Crippen LogP contribution in [-0.2, 0) is 23.8 Å². The van der Waals surface area contributed by atoms with Crippen LogP contribution in [-0.4, -0.2) is 61.1 Å². The second-order valence-corrected chi connectivity index (χ2v) is 15.3. The average molecular weight is 666 g/mol. The molecule has 1 aliphatic carbocycles. The Labute approximate surface area is 287 Å². The maximum atomic E-state index is 13.3. The first kappa shape index (κ1) is 41.3. The van der Waals surface area contributed by atoms with Crippen LogP contribution in [0.25, 0.3) is 0 Å². The molecular weight excluding hydrogens is 594 g/mol. The third-order valence-corrected chi connectivity index (χ3v) is 9.72. The number of hydrogen-bond acceptors (Lipinski definition) is 6. The van der Waals surface area contributed by atoms with Gasteiger partial charge in [0.15, 0.2) is 5.79 Å². The minimum Gasteiger partial charge on any atom is -0.460 e. The van der Waals surface area contributed by atoms with Gasteiger partial charge in [-0.1, -0.05) is 124 Å². The zero-order valence-corrected chi connectivity index (χ0v) is 31.0. The molecular formula is C38H71N3O6. The van der Waals surface area contributed by atoms with E-state index in [9.17, 15) is 14.4 Å². The lowest BCUT2D eigenvalue weighted by Gasteiger charge is -2.44. The second kappa shape index (κ2) is 22.7. The van der Waals surface area contributed by atoms with Crippen molar-refractivity contribution in [2.75, 3.05) is 13.2 Å². The van der Waals surface area contributed by atoms with E-state index in [1.165, 1.54) is 70.6 Å². The van der Waals surface area contributed by atoms with E-state index in [-0.39, 0.29) is 49.1 Å². The normalized spacial score (nSPS) is 22.9. The fraction of sp³-hybridized carbons (Fsp3) is 0.921. The van der Waals surface area contributed by atoms with Crippen LogP contribution in [0.5, 0.6) is 0 Å². The smallest absolute Gasteiger partial charge is 0.315 e. The number of amides is 3. The monoisotopic (exact) mass is 666 g/mol. The lowest BCUT2D eigenvalue weighted by atomic mass is 9.85. The number of esters is 1. The quantitative estimate of drug-likeness (QED) is 0.0607. The number of carbonyl (C=O) groups excluding carboxylic acids is 3. The molecule has 274 valence electrons. The molecule has 1 aliphatic heterocycles. The van der Waals surface area contributed by atoms with Crippen molar-refractivity contribution in [3.63, 3.8) is 0 Å².